The minimum absolute atomic E-state index is 0.0962. The first-order valence-corrected chi connectivity index (χ1v) is 9.50. The minimum atomic E-state index is 0.0962. The lowest BCUT2D eigenvalue weighted by Gasteiger charge is -2.49. The first kappa shape index (κ1) is 19.0. The Labute approximate surface area is 156 Å². The molecular formula is C20H31N3O3. The van der Waals surface area contributed by atoms with E-state index in [2.05, 4.69) is 22.2 Å². The van der Waals surface area contributed by atoms with Crippen LogP contribution in [0.3, 0.4) is 0 Å². The second-order valence-corrected chi connectivity index (χ2v) is 7.52. The molecule has 2 saturated heterocycles. The summed E-state index contributed by atoms with van der Waals surface area (Å²) >= 11 is 0. The standard InChI is InChI=1S/C20H31N3O3/c1-16-4-5-17(18(14-16)25-3)26-13-12-23-11-10-22(2)20(15-23)7-6-19(24)21-9-8-20/h4-5,14H,6-13,15H2,1-3H3,(H,21,24)/t20-/m1/s1. The Balaban J connectivity index is 1.56. The lowest BCUT2D eigenvalue weighted by molar-refractivity contribution is -0.121. The number of piperazine rings is 1. The molecule has 0 radical (unpaired) electrons. The summed E-state index contributed by atoms with van der Waals surface area (Å²) in [5.41, 5.74) is 1.26. The van der Waals surface area contributed by atoms with Crippen LogP contribution in [0.25, 0.3) is 0 Å². The van der Waals surface area contributed by atoms with E-state index in [1.807, 2.05) is 25.1 Å². The van der Waals surface area contributed by atoms with Gasteiger partial charge >= 0.3 is 0 Å². The molecule has 0 bridgehead atoms. The molecule has 0 aromatic heterocycles. The molecule has 144 valence electrons. The third kappa shape index (κ3) is 4.30. The average molecular weight is 361 g/mol. The van der Waals surface area contributed by atoms with Crippen molar-refractivity contribution in [2.24, 2.45) is 0 Å². The summed E-state index contributed by atoms with van der Waals surface area (Å²) in [7, 11) is 3.87. The van der Waals surface area contributed by atoms with Crippen molar-refractivity contribution in [1.82, 2.24) is 15.1 Å². The predicted octanol–water partition coefficient (Wildman–Crippen LogP) is 1.67. The molecule has 2 aliphatic rings. The normalized spacial score (nSPS) is 25.0. The van der Waals surface area contributed by atoms with E-state index in [9.17, 15) is 4.79 Å². The summed E-state index contributed by atoms with van der Waals surface area (Å²) in [5.74, 6) is 1.77. The highest BCUT2D eigenvalue weighted by Crippen LogP contribution is 2.31. The molecule has 2 heterocycles. The number of carbonyl (C=O) groups is 1. The van der Waals surface area contributed by atoms with Gasteiger partial charge in [0.25, 0.3) is 0 Å². The summed E-state index contributed by atoms with van der Waals surface area (Å²) in [5, 5.41) is 3.01. The SMILES string of the molecule is COc1cc(C)ccc1OCCN1CCN(C)[C@]2(CCNC(=O)CC2)C1. The van der Waals surface area contributed by atoms with Crippen LogP contribution in [0.4, 0.5) is 0 Å². The van der Waals surface area contributed by atoms with Crippen LogP contribution >= 0.6 is 0 Å². The van der Waals surface area contributed by atoms with E-state index in [1.54, 1.807) is 7.11 Å². The minimum Gasteiger partial charge on any atom is -0.493 e. The van der Waals surface area contributed by atoms with Crippen LogP contribution in [0.2, 0.25) is 0 Å². The van der Waals surface area contributed by atoms with E-state index < -0.39 is 0 Å². The Bertz CT molecular complexity index is 637. The van der Waals surface area contributed by atoms with Crippen LogP contribution in [0, 0.1) is 6.92 Å². The Morgan fingerprint density at radius 3 is 2.88 bits per heavy atom. The maximum Gasteiger partial charge on any atom is 0.220 e. The number of hydrogen-bond acceptors (Lipinski definition) is 5. The first-order valence-electron chi connectivity index (χ1n) is 9.50. The van der Waals surface area contributed by atoms with Gasteiger partial charge in [-0.3, -0.25) is 14.6 Å². The lowest BCUT2D eigenvalue weighted by atomic mass is 9.86. The summed E-state index contributed by atoms with van der Waals surface area (Å²) in [6.45, 7) is 7.39. The largest absolute Gasteiger partial charge is 0.493 e. The molecule has 0 saturated carbocycles. The molecular weight excluding hydrogens is 330 g/mol. The maximum atomic E-state index is 11.7. The van der Waals surface area contributed by atoms with Crippen molar-refractivity contribution < 1.29 is 14.3 Å². The summed E-state index contributed by atoms with van der Waals surface area (Å²) in [4.78, 5) is 16.7. The van der Waals surface area contributed by atoms with Crippen LogP contribution in [0.15, 0.2) is 18.2 Å². The number of amides is 1. The van der Waals surface area contributed by atoms with Gasteiger partial charge in [-0.1, -0.05) is 6.07 Å². The number of rotatable bonds is 5. The maximum absolute atomic E-state index is 11.7. The van der Waals surface area contributed by atoms with E-state index in [1.165, 1.54) is 0 Å². The van der Waals surface area contributed by atoms with Crippen LogP contribution in [0.5, 0.6) is 11.5 Å². The third-order valence-corrected chi connectivity index (χ3v) is 5.79. The third-order valence-electron chi connectivity index (χ3n) is 5.79. The Kier molecular flexibility index (Phi) is 6.04. The fourth-order valence-corrected chi connectivity index (χ4v) is 4.05. The van der Waals surface area contributed by atoms with Gasteiger partial charge in [0.2, 0.25) is 5.91 Å². The van der Waals surface area contributed by atoms with Gasteiger partial charge in [-0.2, -0.15) is 0 Å². The smallest absolute Gasteiger partial charge is 0.220 e. The number of methoxy groups -OCH3 is 1. The van der Waals surface area contributed by atoms with Gasteiger partial charge in [-0.15, -0.1) is 0 Å². The highest BCUT2D eigenvalue weighted by molar-refractivity contribution is 5.76. The molecule has 1 atom stereocenters. The number of ether oxygens (including phenoxy) is 2. The molecule has 0 unspecified atom stereocenters. The zero-order chi connectivity index (χ0) is 18.6. The van der Waals surface area contributed by atoms with Crippen LogP contribution in [-0.2, 0) is 4.79 Å². The van der Waals surface area contributed by atoms with E-state index in [0.717, 1.165) is 62.6 Å². The van der Waals surface area contributed by atoms with E-state index in [4.69, 9.17) is 9.47 Å². The summed E-state index contributed by atoms with van der Waals surface area (Å²) in [6, 6.07) is 6.01. The monoisotopic (exact) mass is 361 g/mol. The van der Waals surface area contributed by atoms with Crippen LogP contribution in [0.1, 0.15) is 24.8 Å². The molecule has 2 fully saturated rings. The van der Waals surface area contributed by atoms with Gasteiger partial charge < -0.3 is 14.8 Å². The van der Waals surface area contributed by atoms with Gasteiger partial charge in [0.1, 0.15) is 6.61 Å². The lowest BCUT2D eigenvalue weighted by Crippen LogP contribution is -2.61. The molecule has 26 heavy (non-hydrogen) atoms. The van der Waals surface area contributed by atoms with Crippen molar-refractivity contribution >= 4 is 5.91 Å². The molecule has 1 aromatic carbocycles. The van der Waals surface area contributed by atoms with Gasteiger partial charge in [-0.05, 0) is 44.5 Å². The number of aryl methyl sites for hydroxylation is 1. The zero-order valence-electron chi connectivity index (χ0n) is 16.2. The fraction of sp³-hybridized carbons (Fsp3) is 0.650. The fourth-order valence-electron chi connectivity index (χ4n) is 4.05. The van der Waals surface area contributed by atoms with Gasteiger partial charge in [0.05, 0.1) is 7.11 Å². The predicted molar refractivity (Wildman–Crippen MR) is 102 cm³/mol. The van der Waals surface area contributed by atoms with Crippen LogP contribution in [-0.4, -0.2) is 74.7 Å². The number of likely N-dealkylation sites (N-methyl/N-ethyl adjacent to an activating group) is 1. The molecule has 1 aromatic rings. The van der Waals surface area contributed by atoms with Gasteiger partial charge in [0.15, 0.2) is 11.5 Å². The number of benzene rings is 1. The molecule has 6 heteroatoms. The molecule has 1 N–H and O–H groups in total. The molecule has 1 amide bonds. The quantitative estimate of drug-likeness (QED) is 0.865. The highest BCUT2D eigenvalue weighted by Gasteiger charge is 2.40. The van der Waals surface area contributed by atoms with Crippen molar-refractivity contribution in [3.63, 3.8) is 0 Å². The average Bonchev–Trinajstić information content (AvgIpc) is 2.82. The highest BCUT2D eigenvalue weighted by atomic mass is 16.5. The van der Waals surface area contributed by atoms with Gasteiger partial charge in [-0.25, -0.2) is 0 Å². The molecule has 2 aliphatic heterocycles. The van der Waals surface area contributed by atoms with Crippen molar-refractivity contribution in [3.05, 3.63) is 23.8 Å². The van der Waals surface area contributed by atoms with Crippen molar-refractivity contribution in [3.8, 4) is 11.5 Å². The number of hydrogen-bond donors (Lipinski definition) is 1. The first-order chi connectivity index (χ1) is 12.5. The summed E-state index contributed by atoms with van der Waals surface area (Å²) in [6.07, 6.45) is 2.56. The van der Waals surface area contributed by atoms with Crippen LogP contribution < -0.4 is 14.8 Å². The Hall–Kier alpha value is -1.79. The molecule has 6 nitrogen and oxygen atoms in total. The number of nitrogens with zero attached hydrogens (tertiary/aromatic N) is 2. The van der Waals surface area contributed by atoms with Crippen molar-refractivity contribution in [2.75, 3.05) is 53.5 Å². The van der Waals surface area contributed by atoms with E-state index in [0.29, 0.717) is 13.0 Å². The second-order valence-electron chi connectivity index (χ2n) is 7.52. The van der Waals surface area contributed by atoms with Crippen molar-refractivity contribution in [2.45, 2.75) is 31.7 Å². The molecule has 1 spiro atoms. The Morgan fingerprint density at radius 2 is 2.08 bits per heavy atom. The number of nitrogens with one attached hydrogen (secondary N) is 1. The topological polar surface area (TPSA) is 54.0 Å². The molecule has 0 aliphatic carbocycles. The second kappa shape index (κ2) is 8.27. The Morgan fingerprint density at radius 1 is 1.23 bits per heavy atom. The van der Waals surface area contributed by atoms with Gasteiger partial charge in [0, 0.05) is 44.7 Å². The summed E-state index contributed by atoms with van der Waals surface area (Å²) < 4.78 is 11.4. The molecule has 3 rings (SSSR count). The van der Waals surface area contributed by atoms with E-state index in [-0.39, 0.29) is 11.4 Å². The zero-order valence-corrected chi connectivity index (χ0v) is 16.2. The van der Waals surface area contributed by atoms with E-state index >= 15 is 0 Å². The van der Waals surface area contributed by atoms with Crippen molar-refractivity contribution in [1.29, 1.82) is 0 Å². The number of carbonyl (C=O) groups excluding carboxylic acids is 1.